The number of rotatable bonds is 4. The van der Waals surface area contributed by atoms with Crippen molar-refractivity contribution < 1.29 is 13.2 Å². The molecule has 0 atom stereocenters. The largest absolute Gasteiger partial charge is 0.330 e. The molecule has 0 unspecified atom stereocenters. The summed E-state index contributed by atoms with van der Waals surface area (Å²) in [5.41, 5.74) is 2.17. The van der Waals surface area contributed by atoms with E-state index in [9.17, 15) is 13.2 Å². The Morgan fingerprint density at radius 3 is 2.43 bits per heavy atom. The van der Waals surface area contributed by atoms with E-state index in [0.717, 1.165) is 17.4 Å². The molecule has 2 amide bonds. The monoisotopic (exact) mass is 393 g/mol. The van der Waals surface area contributed by atoms with Crippen molar-refractivity contribution in [2.75, 3.05) is 11.2 Å². The highest BCUT2D eigenvalue weighted by atomic mass is 32.2. The Hall–Kier alpha value is -3.19. The lowest BCUT2D eigenvalue weighted by Crippen LogP contribution is -2.45. The van der Waals surface area contributed by atoms with Gasteiger partial charge in [-0.1, -0.05) is 48.5 Å². The first kappa shape index (κ1) is 18.2. The highest BCUT2D eigenvalue weighted by Gasteiger charge is 2.34. The number of aromatic nitrogens is 1. The van der Waals surface area contributed by atoms with Gasteiger partial charge in [0, 0.05) is 24.6 Å². The van der Waals surface area contributed by atoms with Gasteiger partial charge in [0.1, 0.15) is 5.82 Å². The maximum absolute atomic E-state index is 13.4. The van der Waals surface area contributed by atoms with E-state index in [2.05, 4.69) is 4.98 Å². The number of hydrogen-bond donors (Lipinski definition) is 0. The van der Waals surface area contributed by atoms with E-state index in [1.54, 1.807) is 29.3 Å². The van der Waals surface area contributed by atoms with E-state index in [-0.39, 0.29) is 10.9 Å². The smallest absolute Gasteiger partial charge is 0.315 e. The molecule has 4 rings (SSSR count). The number of nitrogens with zero attached hydrogens (tertiary/aromatic N) is 3. The lowest BCUT2D eigenvalue weighted by atomic mass is 10.1. The number of urea groups is 1. The summed E-state index contributed by atoms with van der Waals surface area (Å²) in [7, 11) is -3.53. The van der Waals surface area contributed by atoms with Gasteiger partial charge < -0.3 is 4.90 Å². The molecule has 0 N–H and O–H groups in total. The number of benzene rings is 2. The van der Waals surface area contributed by atoms with Gasteiger partial charge in [0.25, 0.3) is 0 Å². The first-order valence-corrected chi connectivity index (χ1v) is 10.7. The molecule has 0 saturated heterocycles. The topological polar surface area (TPSA) is 70.6 Å². The Bertz CT molecular complexity index is 1130. The summed E-state index contributed by atoms with van der Waals surface area (Å²) in [5.74, 6) is 0.466. The molecule has 0 saturated carbocycles. The van der Waals surface area contributed by atoms with Gasteiger partial charge in [0.2, 0.25) is 0 Å². The molecule has 3 aromatic rings. The van der Waals surface area contributed by atoms with Gasteiger partial charge in [-0.15, -0.1) is 0 Å². The zero-order valence-electron chi connectivity index (χ0n) is 15.3. The van der Waals surface area contributed by atoms with E-state index in [4.69, 9.17) is 0 Å². The first-order valence-electron chi connectivity index (χ1n) is 8.81. The Labute approximate surface area is 164 Å². The minimum atomic E-state index is -3.53. The number of para-hydroxylation sites is 1. The van der Waals surface area contributed by atoms with Crippen molar-refractivity contribution >= 4 is 27.4 Å². The van der Waals surface area contributed by atoms with Crippen LogP contribution in [0.5, 0.6) is 0 Å². The third-order valence-corrected chi connectivity index (χ3v) is 5.77. The average molecular weight is 393 g/mol. The number of pyridine rings is 1. The van der Waals surface area contributed by atoms with Crippen LogP contribution in [0, 0.1) is 0 Å². The van der Waals surface area contributed by atoms with Crippen LogP contribution in [0.4, 0.5) is 16.3 Å². The SMILES string of the molecule is CS(=O)(=O)c1ccccc1N1C(=O)N(Cc2ccccc2)Cc2cccnc21. The number of anilines is 2. The first-order chi connectivity index (χ1) is 13.4. The van der Waals surface area contributed by atoms with Crippen LogP contribution >= 0.6 is 0 Å². The Morgan fingerprint density at radius 2 is 1.68 bits per heavy atom. The van der Waals surface area contributed by atoms with Gasteiger partial charge in [-0.25, -0.2) is 23.1 Å². The minimum absolute atomic E-state index is 0.0986. The number of sulfone groups is 1. The van der Waals surface area contributed by atoms with Crippen molar-refractivity contribution in [1.29, 1.82) is 0 Å². The van der Waals surface area contributed by atoms with Gasteiger partial charge in [-0.05, 0) is 23.8 Å². The van der Waals surface area contributed by atoms with Crippen LogP contribution in [0.25, 0.3) is 0 Å². The summed E-state index contributed by atoms with van der Waals surface area (Å²) in [6.45, 7) is 0.833. The molecule has 0 radical (unpaired) electrons. The molecule has 2 aromatic carbocycles. The number of amides is 2. The standard InChI is InChI=1S/C21H19N3O3S/c1-28(26,27)19-12-6-5-11-18(19)24-20-17(10-7-13-22-20)15-23(21(24)25)14-16-8-3-2-4-9-16/h2-13H,14-15H2,1H3. The zero-order chi connectivity index (χ0) is 19.7. The highest BCUT2D eigenvalue weighted by Crippen LogP contribution is 2.37. The minimum Gasteiger partial charge on any atom is -0.315 e. The predicted octanol–water partition coefficient (Wildman–Crippen LogP) is 3.76. The zero-order valence-corrected chi connectivity index (χ0v) is 16.1. The fourth-order valence-electron chi connectivity index (χ4n) is 3.36. The molecule has 1 aliphatic rings. The molecule has 28 heavy (non-hydrogen) atoms. The third-order valence-electron chi connectivity index (χ3n) is 4.62. The van der Waals surface area contributed by atoms with Crippen LogP contribution in [0.3, 0.4) is 0 Å². The van der Waals surface area contributed by atoms with Crippen LogP contribution in [0.2, 0.25) is 0 Å². The summed E-state index contributed by atoms with van der Waals surface area (Å²) >= 11 is 0. The van der Waals surface area contributed by atoms with E-state index < -0.39 is 9.84 Å². The van der Waals surface area contributed by atoms with E-state index in [1.807, 2.05) is 42.5 Å². The molecular weight excluding hydrogens is 374 g/mol. The summed E-state index contributed by atoms with van der Waals surface area (Å²) in [6, 6.07) is 19.6. The van der Waals surface area contributed by atoms with Crippen LogP contribution in [-0.2, 0) is 22.9 Å². The molecule has 6 nitrogen and oxygen atoms in total. The maximum Gasteiger partial charge on any atom is 0.330 e. The van der Waals surface area contributed by atoms with Gasteiger partial charge in [0.05, 0.1) is 17.1 Å². The highest BCUT2D eigenvalue weighted by molar-refractivity contribution is 7.90. The molecule has 7 heteroatoms. The van der Waals surface area contributed by atoms with Crippen molar-refractivity contribution in [2.24, 2.45) is 0 Å². The maximum atomic E-state index is 13.4. The van der Waals surface area contributed by atoms with Gasteiger partial charge in [-0.2, -0.15) is 0 Å². The normalized spacial score (nSPS) is 14.1. The summed E-state index contributed by atoms with van der Waals surface area (Å²) in [5, 5.41) is 0. The molecule has 1 aromatic heterocycles. The predicted molar refractivity (Wildman–Crippen MR) is 107 cm³/mol. The van der Waals surface area contributed by atoms with E-state index >= 15 is 0 Å². The Kier molecular flexibility index (Phi) is 4.60. The van der Waals surface area contributed by atoms with E-state index in [1.165, 1.54) is 11.0 Å². The molecule has 0 bridgehead atoms. The fraction of sp³-hybridized carbons (Fsp3) is 0.143. The third kappa shape index (κ3) is 3.36. The van der Waals surface area contributed by atoms with Crippen molar-refractivity contribution in [2.45, 2.75) is 18.0 Å². The van der Waals surface area contributed by atoms with Crippen LogP contribution in [0.15, 0.2) is 77.8 Å². The Balaban J connectivity index is 1.83. The second-order valence-corrected chi connectivity index (χ2v) is 8.67. The van der Waals surface area contributed by atoms with Crippen LogP contribution < -0.4 is 4.90 Å². The molecule has 0 aliphatic carbocycles. The van der Waals surface area contributed by atoms with Gasteiger partial charge in [0.15, 0.2) is 9.84 Å². The average Bonchev–Trinajstić information content (AvgIpc) is 2.69. The molecule has 1 aliphatic heterocycles. The number of carbonyl (C=O) groups excluding carboxylic acids is 1. The molecule has 142 valence electrons. The van der Waals surface area contributed by atoms with Crippen molar-refractivity contribution in [3.63, 3.8) is 0 Å². The summed E-state index contributed by atoms with van der Waals surface area (Å²) < 4.78 is 24.6. The second-order valence-electron chi connectivity index (χ2n) is 6.69. The number of fused-ring (bicyclic) bond motifs is 1. The summed E-state index contributed by atoms with van der Waals surface area (Å²) in [6.07, 6.45) is 2.75. The number of hydrogen-bond acceptors (Lipinski definition) is 4. The van der Waals surface area contributed by atoms with Gasteiger partial charge >= 0.3 is 6.03 Å². The van der Waals surface area contributed by atoms with Gasteiger partial charge in [-0.3, -0.25) is 0 Å². The quantitative estimate of drug-likeness (QED) is 0.677. The lowest BCUT2D eigenvalue weighted by molar-refractivity contribution is 0.198. The van der Waals surface area contributed by atoms with Crippen molar-refractivity contribution in [1.82, 2.24) is 9.88 Å². The molecule has 2 heterocycles. The van der Waals surface area contributed by atoms with Crippen molar-refractivity contribution in [3.8, 4) is 0 Å². The van der Waals surface area contributed by atoms with E-state index in [0.29, 0.717) is 24.6 Å². The van der Waals surface area contributed by atoms with Crippen LogP contribution in [-0.4, -0.2) is 30.6 Å². The number of carbonyl (C=O) groups is 1. The van der Waals surface area contributed by atoms with Crippen LogP contribution in [0.1, 0.15) is 11.1 Å². The Morgan fingerprint density at radius 1 is 0.964 bits per heavy atom. The molecule has 0 spiro atoms. The lowest BCUT2D eigenvalue weighted by Gasteiger charge is -2.36. The molecule has 0 fully saturated rings. The fourth-order valence-corrected chi connectivity index (χ4v) is 4.23. The molecular formula is C21H19N3O3S. The van der Waals surface area contributed by atoms with Crippen molar-refractivity contribution in [3.05, 3.63) is 84.1 Å². The summed E-state index contributed by atoms with van der Waals surface area (Å²) in [4.78, 5) is 21.0. The second kappa shape index (κ2) is 7.09.